The Balaban J connectivity index is -0.0000000139. The van der Waals surface area contributed by atoms with Crippen LogP contribution in [0.1, 0.15) is 126 Å². The summed E-state index contributed by atoms with van der Waals surface area (Å²) in [7, 11) is 7.57. The zero-order chi connectivity index (χ0) is 21.9. The Morgan fingerprint density at radius 2 is 1.24 bits per heavy atom. The van der Waals surface area contributed by atoms with Crippen molar-refractivity contribution in [3.63, 3.8) is 0 Å². The second-order valence-electron chi connectivity index (χ2n) is 6.05. The molecule has 0 heterocycles. The van der Waals surface area contributed by atoms with Crippen LogP contribution in [0.4, 0.5) is 0 Å². The van der Waals surface area contributed by atoms with Crippen LogP contribution in [-0.4, -0.2) is 81.7 Å². The van der Waals surface area contributed by atoms with Crippen molar-refractivity contribution in [2.24, 2.45) is 0 Å². The third-order valence-corrected chi connectivity index (χ3v) is 3.06. The van der Waals surface area contributed by atoms with Gasteiger partial charge in [-0.05, 0) is 32.9 Å². The van der Waals surface area contributed by atoms with Gasteiger partial charge in [-0.15, -0.1) is 6.54 Å². The number of aliphatic carboxylic acids is 1. The van der Waals surface area contributed by atoms with E-state index in [0.29, 0.717) is 6.54 Å². The number of carbonyl (C=O) groups excluding carboxylic acids is 1. The van der Waals surface area contributed by atoms with Gasteiger partial charge in [0.25, 0.3) is 0 Å². The van der Waals surface area contributed by atoms with Crippen molar-refractivity contribution < 1.29 is 90.9 Å². The molecule has 0 unspecified atom stereocenters. The third kappa shape index (κ3) is 133. The molecule has 0 saturated carbocycles. The second kappa shape index (κ2) is 98.3. The summed E-state index contributed by atoms with van der Waals surface area (Å²) in [5, 5.41) is 17.4. The Morgan fingerprint density at radius 1 is 0.816 bits per heavy atom. The summed E-state index contributed by atoms with van der Waals surface area (Å²) in [6.07, 6.45) is 4.62. The smallest absolute Gasteiger partial charge is 0.303 e. The van der Waals surface area contributed by atoms with Crippen molar-refractivity contribution in [1.29, 1.82) is 0 Å². The first kappa shape index (κ1) is 97.8. The van der Waals surface area contributed by atoms with Crippen LogP contribution in [0.25, 0.3) is 5.32 Å². The second-order valence-corrected chi connectivity index (χ2v) is 6.05. The summed E-state index contributed by atoms with van der Waals surface area (Å²) in [5.74, 6) is -1.02. The number of nitrogens with two attached hydrogens (primary N) is 1. The predicted molar refractivity (Wildman–Crippen MR) is 172 cm³/mol. The Morgan fingerprint density at radius 3 is 1.37 bits per heavy atom. The van der Waals surface area contributed by atoms with E-state index in [0.717, 1.165) is 19.5 Å². The van der Waals surface area contributed by atoms with Crippen LogP contribution in [0, 0.1) is 0 Å². The fourth-order valence-electron chi connectivity index (χ4n) is 1.63. The maximum atomic E-state index is 11.1. The van der Waals surface area contributed by atoms with Crippen LogP contribution in [0.5, 0.6) is 0 Å². The molecule has 0 aromatic heterocycles. The van der Waals surface area contributed by atoms with Gasteiger partial charge in [-0.3, -0.25) is 9.59 Å². The maximum Gasteiger partial charge on any atom is 0.303 e. The van der Waals surface area contributed by atoms with Gasteiger partial charge < -0.3 is 31.4 Å². The number of hydrogen-bond donors (Lipinski definition) is 3. The minimum atomic E-state index is -0.923. The molecule has 5 N–H and O–H groups in total. The van der Waals surface area contributed by atoms with Gasteiger partial charge in [0.1, 0.15) is 0 Å². The zero-order valence-electron chi connectivity index (χ0n) is 20.9. The van der Waals surface area contributed by atoms with Crippen LogP contribution in [-0.2, 0) is 75.0 Å². The quantitative estimate of drug-likeness (QED) is 0.208. The molecule has 0 aromatic carbocycles. The molecule has 0 rings (SSSR count). The molecule has 2 radical (unpaired) electrons. The van der Waals surface area contributed by atoms with E-state index in [4.69, 9.17) is 5.11 Å². The van der Waals surface area contributed by atoms with Crippen molar-refractivity contribution in [3.05, 3.63) is 5.32 Å². The molecule has 8 nitrogen and oxygen atoms in total. The number of nitrogens with one attached hydrogen (secondary N) is 1. The number of amides is 1. The molecular formula is C28H81N4O4Y2-. The van der Waals surface area contributed by atoms with E-state index < -0.39 is 5.97 Å². The zero-order valence-corrected chi connectivity index (χ0v) is 26.6. The topological polar surface area (TPSA) is 130 Å². The monoisotopic (exact) mass is 715 g/mol. The largest absolute Gasteiger partial charge is 0.870 e. The summed E-state index contributed by atoms with van der Waals surface area (Å²) < 4.78 is 0. The predicted octanol–water partition coefficient (Wildman–Crippen LogP) is 7.23. The van der Waals surface area contributed by atoms with E-state index in [9.17, 15) is 9.59 Å². The number of rotatable bonds is 11. The molecule has 0 spiro atoms. The van der Waals surface area contributed by atoms with Gasteiger partial charge in [0.2, 0.25) is 5.91 Å². The summed E-state index contributed by atoms with van der Waals surface area (Å²) in [6.45, 7) is 12.5. The Hall–Kier alpha value is 0.988. The van der Waals surface area contributed by atoms with Gasteiger partial charge in [0, 0.05) is 85.4 Å². The summed E-state index contributed by atoms with van der Waals surface area (Å²) in [6, 6.07) is 0. The molecule has 0 bridgehead atoms. The molecular weight excluding hydrogens is 634 g/mol. The number of carboxylic acids is 1. The van der Waals surface area contributed by atoms with Crippen LogP contribution < -0.4 is 10.6 Å². The van der Waals surface area contributed by atoms with Crippen LogP contribution in [0.15, 0.2) is 0 Å². The van der Waals surface area contributed by atoms with Crippen LogP contribution in [0.3, 0.4) is 0 Å². The van der Waals surface area contributed by atoms with Crippen molar-refractivity contribution in [3.8, 4) is 0 Å². The van der Waals surface area contributed by atoms with E-state index in [1.165, 1.54) is 25.8 Å². The molecule has 0 fully saturated rings. The molecule has 0 atom stereocenters. The molecule has 0 aromatic rings. The maximum absolute atomic E-state index is 11.1. The van der Waals surface area contributed by atoms with E-state index in [1.54, 1.807) is 11.9 Å². The summed E-state index contributed by atoms with van der Waals surface area (Å²) in [4.78, 5) is 22.8. The Kier molecular flexibility index (Phi) is 253. The van der Waals surface area contributed by atoms with E-state index in [2.05, 4.69) is 43.8 Å². The molecule has 0 saturated heterocycles. The fourth-order valence-corrected chi connectivity index (χ4v) is 1.63. The number of carboxylic acid groups (broad SMARTS) is 1. The molecule has 0 aliphatic rings. The first-order chi connectivity index (χ1) is 12.8. The summed E-state index contributed by atoms with van der Waals surface area (Å²) in [5.41, 5.74) is 0. The fraction of sp³-hybridized carbons (Fsp3) is 0.929. The normalized spacial score (nSPS) is 6.32. The third-order valence-electron chi connectivity index (χ3n) is 3.06. The van der Waals surface area contributed by atoms with Crippen molar-refractivity contribution in [2.75, 3.05) is 54.4 Å². The molecule has 10 heteroatoms. The van der Waals surface area contributed by atoms with E-state index in [-0.39, 0.29) is 149 Å². The van der Waals surface area contributed by atoms with Gasteiger partial charge in [0.15, 0.2) is 0 Å². The molecule has 0 aliphatic carbocycles. The Labute approximate surface area is 295 Å². The van der Waals surface area contributed by atoms with E-state index >= 15 is 0 Å². The average molecular weight is 716 g/mol. The van der Waals surface area contributed by atoms with Gasteiger partial charge in [-0.25, -0.2) is 0 Å². The van der Waals surface area contributed by atoms with Gasteiger partial charge in [-0.2, -0.15) is 7.05 Å². The van der Waals surface area contributed by atoms with Gasteiger partial charge in [0.05, 0.1) is 20.0 Å². The van der Waals surface area contributed by atoms with Gasteiger partial charge in [-0.1, -0.05) is 93.5 Å². The number of nitrogens with zero attached hydrogens (tertiary/aromatic N) is 2. The van der Waals surface area contributed by atoms with Crippen LogP contribution >= 0.6 is 0 Å². The SMILES string of the molecule is C.C.C.C.C.C.C.C.CCCN(C)C(=O)CCC(=O)O.CCCNC.CCC[N-]C.CCC[NH2+]C.[OH-].[Y].[Y]. The Bertz CT molecular complexity index is 288. The summed E-state index contributed by atoms with van der Waals surface area (Å²) >= 11 is 0. The van der Waals surface area contributed by atoms with Crippen molar-refractivity contribution in [2.45, 2.75) is 126 Å². The number of carbonyl (C=O) groups is 2. The first-order valence-corrected chi connectivity index (χ1v) is 10.3. The van der Waals surface area contributed by atoms with Crippen molar-refractivity contribution in [1.82, 2.24) is 10.2 Å². The number of quaternary nitrogens is 1. The standard InChI is InChI=1S/C8H15NO3.2C4H11N.C4H10N.8CH4.H2O.2Y/c1-3-6-9(2)7(10)4-5-8(11)12;3*1-3-4-5-2;;;;;;;;;;;/h3-6H2,1-2H3,(H,11,12);2*5H,3-4H2,1-2H3;3-4H2,1-2H3;8*1H4;1H2;;/q;;;-1;;;;;;;;;;;. The van der Waals surface area contributed by atoms with Crippen LogP contribution in [0.2, 0.25) is 0 Å². The molecule has 1 amide bonds. The molecule has 244 valence electrons. The molecule has 38 heavy (non-hydrogen) atoms. The first-order valence-electron chi connectivity index (χ1n) is 10.3. The number of hydrogen-bond acceptors (Lipinski definition) is 4. The van der Waals surface area contributed by atoms with Crippen molar-refractivity contribution >= 4 is 11.9 Å². The van der Waals surface area contributed by atoms with E-state index in [1.807, 2.05) is 21.0 Å². The molecule has 0 aliphatic heterocycles. The average Bonchev–Trinajstić information content (AvgIpc) is 2.63. The van der Waals surface area contributed by atoms with Gasteiger partial charge >= 0.3 is 5.97 Å². The minimum absolute atomic E-state index is 0. The minimum Gasteiger partial charge on any atom is -0.870 e.